The summed E-state index contributed by atoms with van der Waals surface area (Å²) in [6.45, 7) is 7.05. The number of fused-ring (bicyclic) bond motifs is 1. The highest BCUT2D eigenvalue weighted by Gasteiger charge is 2.18. The van der Waals surface area contributed by atoms with Crippen molar-refractivity contribution in [3.05, 3.63) is 106 Å². The molecular weight excluding hydrogens is 540 g/mol. The Morgan fingerprint density at radius 2 is 1.56 bits per heavy atom. The number of benzene rings is 3. The number of nitrogens with one attached hydrogen (secondary N) is 2. The Kier molecular flexibility index (Phi) is 9.77. The first-order chi connectivity index (χ1) is 21.0. The first kappa shape index (κ1) is 29.9. The molecule has 0 radical (unpaired) electrons. The van der Waals surface area contributed by atoms with Crippen LogP contribution in [0.15, 0.2) is 72.9 Å². The van der Waals surface area contributed by atoms with Crippen LogP contribution in [-0.2, 0) is 19.7 Å². The van der Waals surface area contributed by atoms with Crippen LogP contribution in [0, 0.1) is 25.2 Å². The number of aliphatic hydroxyl groups excluding tert-OH is 2. The van der Waals surface area contributed by atoms with Crippen LogP contribution in [0.5, 0.6) is 5.75 Å². The highest BCUT2D eigenvalue weighted by atomic mass is 16.5. The molecule has 0 bridgehead atoms. The van der Waals surface area contributed by atoms with Crippen LogP contribution in [0.1, 0.15) is 33.4 Å². The minimum atomic E-state index is 0.0806. The van der Waals surface area contributed by atoms with Gasteiger partial charge in [0.05, 0.1) is 18.8 Å². The van der Waals surface area contributed by atoms with E-state index < -0.39 is 0 Å². The summed E-state index contributed by atoms with van der Waals surface area (Å²) in [6.07, 6.45) is 1.91. The number of hydrogen-bond donors (Lipinski definition) is 4. The molecule has 3 aromatic carbocycles. The topological polar surface area (TPSA) is 128 Å². The quantitative estimate of drug-likeness (QED) is 0.153. The molecule has 5 aromatic rings. The third-order valence-electron chi connectivity index (χ3n) is 7.40. The third kappa shape index (κ3) is 6.91. The second-order valence-electron chi connectivity index (χ2n) is 10.4. The van der Waals surface area contributed by atoms with Gasteiger partial charge in [0, 0.05) is 43.5 Å². The van der Waals surface area contributed by atoms with E-state index in [0.717, 1.165) is 44.7 Å². The predicted molar refractivity (Wildman–Crippen MR) is 166 cm³/mol. The van der Waals surface area contributed by atoms with Gasteiger partial charge in [0.1, 0.15) is 18.4 Å². The van der Waals surface area contributed by atoms with Gasteiger partial charge in [0.2, 0.25) is 0 Å². The molecule has 0 aliphatic heterocycles. The Labute approximate surface area is 251 Å². The number of nitrogens with zero attached hydrogens (tertiary/aromatic N) is 4. The van der Waals surface area contributed by atoms with Crippen LogP contribution in [0.4, 0.5) is 0 Å². The molecule has 2 aromatic heterocycles. The minimum Gasteiger partial charge on any atom is -0.489 e. The van der Waals surface area contributed by atoms with Crippen LogP contribution >= 0.6 is 0 Å². The number of ether oxygens (including phenoxy) is 1. The van der Waals surface area contributed by atoms with Gasteiger partial charge in [-0.25, -0.2) is 9.50 Å². The fraction of sp³-hybridized carbons (Fsp3) is 0.265. The zero-order chi connectivity index (χ0) is 30.2. The Hall–Kier alpha value is -4.59. The lowest BCUT2D eigenvalue weighted by atomic mass is 9.91. The zero-order valence-corrected chi connectivity index (χ0v) is 24.5. The van der Waals surface area contributed by atoms with E-state index in [1.165, 1.54) is 0 Å². The monoisotopic (exact) mass is 576 g/mol. The summed E-state index contributed by atoms with van der Waals surface area (Å²) in [5.41, 5.74) is 8.94. The number of rotatable bonds is 13. The van der Waals surface area contributed by atoms with Crippen molar-refractivity contribution in [1.82, 2.24) is 25.2 Å². The third-order valence-corrected chi connectivity index (χ3v) is 7.40. The van der Waals surface area contributed by atoms with Crippen molar-refractivity contribution in [2.24, 2.45) is 0 Å². The van der Waals surface area contributed by atoms with Gasteiger partial charge in [-0.15, -0.1) is 5.10 Å². The molecular formula is C34H36N6O3. The Bertz CT molecular complexity index is 1760. The maximum Gasteiger partial charge on any atom is 0.183 e. The first-order valence-electron chi connectivity index (χ1n) is 14.4. The van der Waals surface area contributed by atoms with E-state index in [1.54, 1.807) is 4.52 Å². The van der Waals surface area contributed by atoms with E-state index in [1.807, 2.05) is 73.8 Å². The average Bonchev–Trinajstić information content (AvgIpc) is 3.44. The van der Waals surface area contributed by atoms with Gasteiger partial charge < -0.3 is 25.6 Å². The van der Waals surface area contributed by atoms with Gasteiger partial charge in [-0.3, -0.25) is 0 Å². The summed E-state index contributed by atoms with van der Waals surface area (Å²) in [5, 5.41) is 39.4. The average molecular weight is 577 g/mol. The number of aliphatic hydroxyl groups is 2. The molecule has 0 saturated heterocycles. The molecule has 220 valence electrons. The number of pyridine rings is 1. The van der Waals surface area contributed by atoms with Crippen molar-refractivity contribution in [2.75, 3.05) is 26.3 Å². The van der Waals surface area contributed by atoms with Crippen molar-refractivity contribution < 1.29 is 14.9 Å². The largest absolute Gasteiger partial charge is 0.489 e. The maximum absolute atomic E-state index is 10.3. The second-order valence-corrected chi connectivity index (χ2v) is 10.4. The van der Waals surface area contributed by atoms with Gasteiger partial charge in [0.15, 0.2) is 11.5 Å². The SMILES string of the molecule is Cc1cc(CNCCO)ccc1OCc1cccc(-c2cccc(-c3nc4ccc(CNCCO)cn4n3)c2C#N)c1C. The molecule has 4 N–H and O–H groups in total. The van der Waals surface area contributed by atoms with Crippen LogP contribution < -0.4 is 15.4 Å². The lowest BCUT2D eigenvalue weighted by Crippen LogP contribution is -2.17. The minimum absolute atomic E-state index is 0.0806. The van der Waals surface area contributed by atoms with Gasteiger partial charge >= 0.3 is 0 Å². The van der Waals surface area contributed by atoms with Crippen LogP contribution in [0.2, 0.25) is 0 Å². The summed E-state index contributed by atoms with van der Waals surface area (Å²) in [5.74, 6) is 1.31. The Balaban J connectivity index is 1.39. The molecule has 2 heterocycles. The Morgan fingerprint density at radius 1 is 0.860 bits per heavy atom. The first-order valence-corrected chi connectivity index (χ1v) is 14.4. The molecule has 0 spiro atoms. The summed E-state index contributed by atoms with van der Waals surface area (Å²) >= 11 is 0. The fourth-order valence-electron chi connectivity index (χ4n) is 5.12. The maximum atomic E-state index is 10.3. The highest BCUT2D eigenvalue weighted by molar-refractivity contribution is 5.82. The van der Waals surface area contributed by atoms with Crippen molar-refractivity contribution in [1.29, 1.82) is 5.26 Å². The summed E-state index contributed by atoms with van der Waals surface area (Å²) in [4.78, 5) is 4.71. The smallest absolute Gasteiger partial charge is 0.183 e. The fourth-order valence-corrected chi connectivity index (χ4v) is 5.12. The number of aromatic nitrogens is 3. The van der Waals surface area contributed by atoms with Gasteiger partial charge in [-0.05, 0) is 65.4 Å². The normalized spacial score (nSPS) is 11.1. The van der Waals surface area contributed by atoms with Crippen molar-refractivity contribution in [3.8, 4) is 34.3 Å². The molecule has 0 amide bonds. The Morgan fingerprint density at radius 3 is 2.30 bits per heavy atom. The molecule has 0 saturated carbocycles. The zero-order valence-electron chi connectivity index (χ0n) is 24.5. The summed E-state index contributed by atoms with van der Waals surface area (Å²) < 4.78 is 7.96. The predicted octanol–water partition coefficient (Wildman–Crippen LogP) is 4.29. The van der Waals surface area contributed by atoms with Crippen molar-refractivity contribution in [2.45, 2.75) is 33.5 Å². The lowest BCUT2D eigenvalue weighted by molar-refractivity contribution is 0.291. The van der Waals surface area contributed by atoms with Gasteiger partial charge in [-0.2, -0.15) is 5.26 Å². The van der Waals surface area contributed by atoms with E-state index >= 15 is 0 Å². The lowest BCUT2D eigenvalue weighted by Gasteiger charge is -2.16. The summed E-state index contributed by atoms with van der Waals surface area (Å²) in [6, 6.07) is 24.3. The summed E-state index contributed by atoms with van der Waals surface area (Å²) in [7, 11) is 0. The van der Waals surface area contributed by atoms with Crippen molar-refractivity contribution >= 4 is 5.65 Å². The number of hydrogen-bond acceptors (Lipinski definition) is 8. The molecule has 0 unspecified atom stereocenters. The van der Waals surface area contributed by atoms with E-state index in [2.05, 4.69) is 29.7 Å². The van der Waals surface area contributed by atoms with Gasteiger partial charge in [-0.1, -0.05) is 48.5 Å². The van der Waals surface area contributed by atoms with E-state index in [4.69, 9.17) is 25.0 Å². The van der Waals surface area contributed by atoms with E-state index in [0.29, 0.717) is 55.4 Å². The number of aryl methyl sites for hydroxylation is 1. The highest BCUT2D eigenvalue weighted by Crippen LogP contribution is 2.34. The molecule has 0 atom stereocenters. The van der Waals surface area contributed by atoms with Crippen molar-refractivity contribution in [3.63, 3.8) is 0 Å². The number of nitriles is 1. The molecule has 9 heteroatoms. The van der Waals surface area contributed by atoms with Crippen LogP contribution in [-0.4, -0.2) is 51.1 Å². The molecule has 0 aliphatic rings. The molecule has 43 heavy (non-hydrogen) atoms. The van der Waals surface area contributed by atoms with E-state index in [9.17, 15) is 5.26 Å². The second kappa shape index (κ2) is 14.1. The molecule has 0 fully saturated rings. The molecule has 9 nitrogen and oxygen atoms in total. The van der Waals surface area contributed by atoms with E-state index in [-0.39, 0.29) is 13.2 Å². The van der Waals surface area contributed by atoms with Gasteiger partial charge in [0.25, 0.3) is 0 Å². The van der Waals surface area contributed by atoms with Crippen LogP contribution in [0.3, 0.4) is 0 Å². The standard InChI is InChI=1S/C34H36N6O3/c1-23-17-25(19-36-13-15-41)9-11-32(23)43-22-27-5-3-6-28(24(27)2)29-7-4-8-30(31(29)18-35)34-38-33-12-10-26(20-37-14-16-42)21-40(33)39-34/h3-12,17,21,36-37,41-42H,13-16,19-20,22H2,1-2H3. The molecule has 0 aliphatic carbocycles. The molecule has 5 rings (SSSR count). The van der Waals surface area contributed by atoms with Crippen LogP contribution in [0.25, 0.3) is 28.2 Å².